The fourth-order valence-electron chi connectivity index (χ4n) is 0.876. The Morgan fingerprint density at radius 1 is 1.54 bits per heavy atom. The fraction of sp³-hybridized carbons (Fsp3) is 0.750. The number of halogens is 1. The van der Waals surface area contributed by atoms with Crippen LogP contribution in [0.25, 0.3) is 0 Å². The second-order valence-electron chi connectivity index (χ2n) is 2.73. The van der Waals surface area contributed by atoms with Crippen molar-refractivity contribution < 1.29 is 9.59 Å². The second kappa shape index (κ2) is 5.50. The summed E-state index contributed by atoms with van der Waals surface area (Å²) < 4.78 is 0.766. The molecule has 0 aliphatic rings. The number of nitrogens with zero attached hydrogens (tertiary/aromatic N) is 1. The Balaban J connectivity index is 4.41. The Bertz CT molecular complexity index is 195. The second-order valence-corrected chi connectivity index (χ2v) is 4.60. The number of carbonyl (C=O) groups excluding carboxylic acids is 2. The standard InChI is InChI=1S/C8H14ClNO2S/c1-4-8(5-2,6-11)13-10(3)7(9)12/h6H,4-5H2,1-3H3. The summed E-state index contributed by atoms with van der Waals surface area (Å²) in [6.07, 6.45) is 2.26. The van der Waals surface area contributed by atoms with Crippen LogP contribution in [0.5, 0.6) is 0 Å². The van der Waals surface area contributed by atoms with Gasteiger partial charge in [-0.1, -0.05) is 13.8 Å². The molecule has 13 heavy (non-hydrogen) atoms. The van der Waals surface area contributed by atoms with Crippen LogP contribution in [0.3, 0.4) is 0 Å². The molecule has 0 spiro atoms. The molecule has 3 nitrogen and oxygen atoms in total. The van der Waals surface area contributed by atoms with Gasteiger partial charge in [0.15, 0.2) is 0 Å². The molecule has 0 unspecified atom stereocenters. The van der Waals surface area contributed by atoms with Crippen molar-refractivity contribution in [3.8, 4) is 0 Å². The number of carbonyl (C=O) groups is 2. The summed E-state index contributed by atoms with van der Waals surface area (Å²) in [7, 11) is 1.56. The Morgan fingerprint density at radius 2 is 2.00 bits per heavy atom. The van der Waals surface area contributed by atoms with E-state index >= 15 is 0 Å². The third-order valence-electron chi connectivity index (χ3n) is 1.98. The first-order valence-electron chi connectivity index (χ1n) is 4.10. The molecule has 0 aromatic rings. The summed E-state index contributed by atoms with van der Waals surface area (Å²) >= 11 is 6.44. The van der Waals surface area contributed by atoms with E-state index in [0.29, 0.717) is 12.8 Å². The van der Waals surface area contributed by atoms with E-state index in [4.69, 9.17) is 11.6 Å². The van der Waals surface area contributed by atoms with E-state index in [9.17, 15) is 9.59 Å². The normalized spacial score (nSPS) is 11.1. The largest absolute Gasteiger partial charge is 0.326 e. The molecule has 0 rings (SSSR count). The molecule has 0 aromatic heterocycles. The van der Waals surface area contributed by atoms with Gasteiger partial charge < -0.3 is 4.79 Å². The molecule has 0 atom stereocenters. The van der Waals surface area contributed by atoms with Gasteiger partial charge in [-0.2, -0.15) is 0 Å². The van der Waals surface area contributed by atoms with Crippen LogP contribution in [0.2, 0.25) is 0 Å². The smallest absolute Gasteiger partial charge is 0.302 e. The zero-order valence-electron chi connectivity index (χ0n) is 8.04. The van der Waals surface area contributed by atoms with Gasteiger partial charge in [0, 0.05) is 7.05 Å². The van der Waals surface area contributed by atoms with Crippen molar-refractivity contribution in [1.29, 1.82) is 0 Å². The number of aldehydes is 1. The molecular formula is C8H14ClNO2S. The van der Waals surface area contributed by atoms with Crippen molar-refractivity contribution in [2.24, 2.45) is 0 Å². The zero-order valence-corrected chi connectivity index (χ0v) is 9.61. The van der Waals surface area contributed by atoms with Crippen LogP contribution in [0, 0.1) is 0 Å². The minimum atomic E-state index is -0.557. The monoisotopic (exact) mass is 223 g/mol. The summed E-state index contributed by atoms with van der Waals surface area (Å²) in [6.45, 7) is 3.83. The lowest BCUT2D eigenvalue weighted by molar-refractivity contribution is -0.110. The molecule has 0 N–H and O–H groups in total. The number of hydrogen-bond acceptors (Lipinski definition) is 3. The van der Waals surface area contributed by atoms with Crippen LogP contribution in [-0.2, 0) is 4.79 Å². The highest BCUT2D eigenvalue weighted by atomic mass is 35.5. The molecule has 0 bridgehead atoms. The highest BCUT2D eigenvalue weighted by molar-refractivity contribution is 7.99. The molecule has 5 heteroatoms. The first kappa shape index (κ1) is 12.8. The quantitative estimate of drug-likeness (QED) is 0.311. The van der Waals surface area contributed by atoms with E-state index in [1.165, 1.54) is 16.3 Å². The van der Waals surface area contributed by atoms with E-state index in [-0.39, 0.29) is 0 Å². The van der Waals surface area contributed by atoms with Crippen molar-refractivity contribution in [3.05, 3.63) is 0 Å². The van der Waals surface area contributed by atoms with Gasteiger partial charge in [0.25, 0.3) is 0 Å². The van der Waals surface area contributed by atoms with E-state index in [2.05, 4.69) is 0 Å². The van der Waals surface area contributed by atoms with Crippen LogP contribution < -0.4 is 0 Å². The third-order valence-corrected chi connectivity index (χ3v) is 3.81. The van der Waals surface area contributed by atoms with Crippen molar-refractivity contribution >= 4 is 35.2 Å². The molecule has 0 fully saturated rings. The minimum absolute atomic E-state index is 0.515. The summed E-state index contributed by atoms with van der Waals surface area (Å²) in [6, 6.07) is 0. The summed E-state index contributed by atoms with van der Waals surface area (Å²) in [5.74, 6) is 0. The molecular weight excluding hydrogens is 210 g/mol. The third kappa shape index (κ3) is 3.56. The Labute approximate surface area is 87.9 Å². The predicted molar refractivity (Wildman–Crippen MR) is 56.0 cm³/mol. The van der Waals surface area contributed by atoms with Crippen molar-refractivity contribution in [3.63, 3.8) is 0 Å². The van der Waals surface area contributed by atoms with Crippen LogP contribution in [0.15, 0.2) is 0 Å². The molecule has 0 saturated carbocycles. The van der Waals surface area contributed by atoms with E-state index < -0.39 is 10.1 Å². The molecule has 0 radical (unpaired) electrons. The van der Waals surface area contributed by atoms with E-state index in [1.807, 2.05) is 13.8 Å². The molecule has 0 aliphatic carbocycles. The highest BCUT2D eigenvalue weighted by Crippen LogP contribution is 2.32. The first-order chi connectivity index (χ1) is 6.01. The Kier molecular flexibility index (Phi) is 5.40. The predicted octanol–water partition coefficient (Wildman–Crippen LogP) is 2.68. The van der Waals surface area contributed by atoms with Crippen molar-refractivity contribution in [2.45, 2.75) is 31.4 Å². The van der Waals surface area contributed by atoms with Gasteiger partial charge in [-0.05, 0) is 36.4 Å². The summed E-state index contributed by atoms with van der Waals surface area (Å²) in [5.41, 5.74) is 0. The van der Waals surface area contributed by atoms with Crippen LogP contribution >= 0.6 is 23.5 Å². The van der Waals surface area contributed by atoms with Crippen molar-refractivity contribution in [1.82, 2.24) is 4.31 Å². The molecule has 76 valence electrons. The lowest BCUT2D eigenvalue weighted by atomic mass is 10.1. The fourth-order valence-corrected chi connectivity index (χ4v) is 1.90. The molecule has 0 aromatic carbocycles. The van der Waals surface area contributed by atoms with Crippen LogP contribution in [0.4, 0.5) is 4.79 Å². The van der Waals surface area contributed by atoms with Gasteiger partial charge in [-0.3, -0.25) is 9.10 Å². The summed E-state index contributed by atoms with van der Waals surface area (Å²) in [4.78, 5) is 21.6. The van der Waals surface area contributed by atoms with Crippen molar-refractivity contribution in [2.75, 3.05) is 7.05 Å². The Hall–Kier alpha value is -0.220. The maximum Gasteiger partial charge on any atom is 0.326 e. The lowest BCUT2D eigenvalue weighted by Crippen LogP contribution is -2.30. The molecule has 1 amide bonds. The van der Waals surface area contributed by atoms with Gasteiger partial charge in [-0.15, -0.1) is 0 Å². The zero-order chi connectivity index (χ0) is 10.5. The highest BCUT2D eigenvalue weighted by Gasteiger charge is 2.29. The van der Waals surface area contributed by atoms with Gasteiger partial charge in [0.05, 0.1) is 4.75 Å². The minimum Gasteiger partial charge on any atom is -0.302 e. The van der Waals surface area contributed by atoms with Gasteiger partial charge in [0.2, 0.25) is 0 Å². The topological polar surface area (TPSA) is 37.4 Å². The SMILES string of the molecule is CCC(C=O)(CC)SN(C)C(=O)Cl. The lowest BCUT2D eigenvalue weighted by Gasteiger charge is -2.27. The van der Waals surface area contributed by atoms with Gasteiger partial charge >= 0.3 is 5.37 Å². The number of rotatable bonds is 5. The van der Waals surface area contributed by atoms with Gasteiger partial charge in [-0.25, -0.2) is 0 Å². The average molecular weight is 224 g/mol. The first-order valence-corrected chi connectivity index (χ1v) is 5.25. The maximum atomic E-state index is 10.8. The maximum absolute atomic E-state index is 10.8. The van der Waals surface area contributed by atoms with E-state index in [1.54, 1.807) is 7.05 Å². The number of hydrogen-bond donors (Lipinski definition) is 0. The van der Waals surface area contributed by atoms with E-state index in [0.717, 1.165) is 6.29 Å². The van der Waals surface area contributed by atoms with Crippen LogP contribution in [0.1, 0.15) is 26.7 Å². The molecule has 0 heterocycles. The van der Waals surface area contributed by atoms with Gasteiger partial charge in [0.1, 0.15) is 6.29 Å². The average Bonchev–Trinajstić information content (AvgIpc) is 2.14. The van der Waals surface area contributed by atoms with Crippen LogP contribution in [-0.4, -0.2) is 27.8 Å². The molecule has 0 aliphatic heterocycles. The Morgan fingerprint density at radius 3 is 2.23 bits per heavy atom. The number of amides is 1. The summed E-state index contributed by atoms with van der Waals surface area (Å²) in [5, 5.41) is -0.557. The molecule has 0 saturated heterocycles.